The zero-order valence-electron chi connectivity index (χ0n) is 14.9. The van der Waals surface area contributed by atoms with E-state index in [1.807, 2.05) is 38.3 Å². The average molecular weight is 352 g/mol. The molecule has 0 spiro atoms. The summed E-state index contributed by atoms with van der Waals surface area (Å²) in [6.45, 7) is 3.94. The van der Waals surface area contributed by atoms with Crippen LogP contribution in [0, 0.1) is 12.0 Å². The molecule has 0 bridgehead atoms. The number of hydrogen-bond acceptors (Lipinski definition) is 5. The van der Waals surface area contributed by atoms with Gasteiger partial charge in [-0.3, -0.25) is 9.89 Å². The van der Waals surface area contributed by atoms with Gasteiger partial charge in [-0.05, 0) is 44.5 Å². The summed E-state index contributed by atoms with van der Waals surface area (Å²) >= 11 is 0. The van der Waals surface area contributed by atoms with Crippen molar-refractivity contribution >= 4 is 28.7 Å². The summed E-state index contributed by atoms with van der Waals surface area (Å²) < 4.78 is 10.2. The highest BCUT2D eigenvalue weighted by Crippen LogP contribution is 2.29. The highest BCUT2D eigenvalue weighted by atomic mass is 16.5. The van der Waals surface area contributed by atoms with Gasteiger partial charge in [-0.25, -0.2) is 4.99 Å². The van der Waals surface area contributed by atoms with Gasteiger partial charge >= 0.3 is 5.91 Å². The number of rotatable bonds is 4. The van der Waals surface area contributed by atoms with Crippen molar-refractivity contribution in [2.24, 2.45) is 4.99 Å². The monoisotopic (exact) mass is 352 g/mol. The SMILES string of the molecule is COC#CC(=O)Nc1ccc2n[nH]c(C3C=NC(OC(C)C)=CC3)c2c1. The number of anilines is 1. The number of hydrogen-bond donors (Lipinski definition) is 2. The van der Waals surface area contributed by atoms with Gasteiger partial charge in [0.2, 0.25) is 5.88 Å². The van der Waals surface area contributed by atoms with Crippen LogP contribution in [0.5, 0.6) is 0 Å². The number of aromatic nitrogens is 2. The van der Waals surface area contributed by atoms with E-state index in [0.29, 0.717) is 11.6 Å². The van der Waals surface area contributed by atoms with Crippen LogP contribution in [0.3, 0.4) is 0 Å². The number of nitrogens with zero attached hydrogens (tertiary/aromatic N) is 2. The van der Waals surface area contributed by atoms with Crippen LogP contribution in [0.15, 0.2) is 35.2 Å². The van der Waals surface area contributed by atoms with Crippen LogP contribution >= 0.6 is 0 Å². The first-order chi connectivity index (χ1) is 12.6. The summed E-state index contributed by atoms with van der Waals surface area (Å²) in [5.41, 5.74) is 2.41. The van der Waals surface area contributed by atoms with Gasteiger partial charge in [0, 0.05) is 29.1 Å². The molecule has 1 aromatic heterocycles. The standard InChI is InChI=1S/C19H20N4O3/c1-12(2)26-18-7-4-13(11-20-18)19-15-10-14(5-6-16(15)22-23-19)21-17(24)8-9-25-3/h5-7,10-13H,4H2,1-3H3,(H,21,24)(H,22,23). The molecule has 0 fully saturated rings. The Balaban J connectivity index is 1.80. The Morgan fingerprint density at radius 2 is 2.27 bits per heavy atom. The first kappa shape index (κ1) is 17.5. The number of carbonyl (C=O) groups is 1. The zero-order valence-corrected chi connectivity index (χ0v) is 14.9. The van der Waals surface area contributed by atoms with E-state index in [-0.39, 0.29) is 12.0 Å². The molecule has 134 valence electrons. The van der Waals surface area contributed by atoms with Crippen LogP contribution in [0.2, 0.25) is 0 Å². The van der Waals surface area contributed by atoms with Crippen molar-refractivity contribution in [1.82, 2.24) is 10.2 Å². The highest BCUT2D eigenvalue weighted by molar-refractivity contribution is 6.04. The van der Waals surface area contributed by atoms with E-state index in [2.05, 4.69) is 37.3 Å². The van der Waals surface area contributed by atoms with Crippen molar-refractivity contribution in [2.75, 3.05) is 12.4 Å². The molecule has 0 aliphatic carbocycles. The first-order valence-electron chi connectivity index (χ1n) is 8.31. The van der Waals surface area contributed by atoms with Crippen LogP contribution in [-0.4, -0.2) is 35.5 Å². The van der Waals surface area contributed by atoms with Gasteiger partial charge in [-0.2, -0.15) is 5.10 Å². The van der Waals surface area contributed by atoms with Gasteiger partial charge < -0.3 is 14.8 Å². The fraction of sp³-hybridized carbons (Fsp3) is 0.316. The molecule has 0 radical (unpaired) electrons. The molecule has 0 saturated heterocycles. The lowest BCUT2D eigenvalue weighted by Crippen LogP contribution is -2.09. The third kappa shape index (κ3) is 4.03. The van der Waals surface area contributed by atoms with E-state index in [1.54, 1.807) is 6.07 Å². The fourth-order valence-electron chi connectivity index (χ4n) is 2.67. The molecule has 1 aromatic carbocycles. The Hall–Kier alpha value is -3.27. The van der Waals surface area contributed by atoms with Gasteiger partial charge in [0.05, 0.1) is 24.4 Å². The largest absolute Gasteiger partial charge is 0.475 e. The predicted molar refractivity (Wildman–Crippen MR) is 99.7 cm³/mol. The second-order valence-electron chi connectivity index (χ2n) is 6.08. The second kappa shape index (κ2) is 7.74. The quantitative estimate of drug-likeness (QED) is 0.828. The lowest BCUT2D eigenvalue weighted by molar-refractivity contribution is -0.111. The van der Waals surface area contributed by atoms with E-state index in [4.69, 9.17) is 4.74 Å². The molecule has 2 aromatic rings. The van der Waals surface area contributed by atoms with Crippen LogP contribution in [-0.2, 0) is 14.3 Å². The summed E-state index contributed by atoms with van der Waals surface area (Å²) in [4.78, 5) is 16.1. The van der Waals surface area contributed by atoms with Crippen molar-refractivity contribution in [3.8, 4) is 12.0 Å². The maximum absolute atomic E-state index is 11.7. The number of nitrogens with one attached hydrogen (secondary N) is 2. The van der Waals surface area contributed by atoms with Gasteiger partial charge in [0.25, 0.3) is 0 Å². The second-order valence-corrected chi connectivity index (χ2v) is 6.08. The summed E-state index contributed by atoms with van der Waals surface area (Å²) in [5, 5.41) is 11.1. The third-order valence-corrected chi connectivity index (χ3v) is 3.76. The van der Waals surface area contributed by atoms with Crippen molar-refractivity contribution < 1.29 is 14.3 Å². The number of carbonyl (C=O) groups excluding carboxylic acids is 1. The molecule has 3 rings (SSSR count). The topological polar surface area (TPSA) is 88.6 Å². The van der Waals surface area contributed by atoms with Gasteiger partial charge in [0.1, 0.15) is 6.11 Å². The van der Waals surface area contributed by atoms with Crippen molar-refractivity contribution in [1.29, 1.82) is 0 Å². The van der Waals surface area contributed by atoms with E-state index in [1.165, 1.54) is 7.11 Å². The first-order valence-corrected chi connectivity index (χ1v) is 8.31. The fourth-order valence-corrected chi connectivity index (χ4v) is 2.67. The molecule has 7 heteroatoms. The zero-order chi connectivity index (χ0) is 18.5. The maximum Gasteiger partial charge on any atom is 0.303 e. The van der Waals surface area contributed by atoms with E-state index >= 15 is 0 Å². The van der Waals surface area contributed by atoms with E-state index < -0.39 is 5.91 Å². The van der Waals surface area contributed by atoms with Crippen LogP contribution < -0.4 is 5.32 Å². The summed E-state index contributed by atoms with van der Waals surface area (Å²) in [6, 6.07) is 5.50. The maximum atomic E-state index is 11.7. The summed E-state index contributed by atoms with van der Waals surface area (Å²) in [7, 11) is 1.40. The number of benzene rings is 1. The smallest absolute Gasteiger partial charge is 0.303 e. The van der Waals surface area contributed by atoms with E-state index in [0.717, 1.165) is 23.0 Å². The molecule has 26 heavy (non-hydrogen) atoms. The predicted octanol–water partition coefficient (Wildman–Crippen LogP) is 2.93. The molecule has 1 aliphatic rings. The number of allylic oxidation sites excluding steroid dienone is 1. The molecule has 1 aliphatic heterocycles. The number of methoxy groups -OCH3 is 1. The Labute approximate surface area is 151 Å². The highest BCUT2D eigenvalue weighted by Gasteiger charge is 2.19. The molecule has 2 N–H and O–H groups in total. The molecule has 1 amide bonds. The molecule has 1 atom stereocenters. The van der Waals surface area contributed by atoms with E-state index in [9.17, 15) is 4.79 Å². The summed E-state index contributed by atoms with van der Waals surface area (Å²) in [6.07, 6.45) is 6.96. The lowest BCUT2D eigenvalue weighted by atomic mass is 9.98. The Kier molecular flexibility index (Phi) is 5.23. The Bertz CT molecular complexity index is 931. The summed E-state index contributed by atoms with van der Waals surface area (Å²) in [5.74, 6) is 2.61. The van der Waals surface area contributed by atoms with Crippen molar-refractivity contribution in [2.45, 2.75) is 32.3 Å². The normalized spacial score (nSPS) is 16.0. The minimum Gasteiger partial charge on any atom is -0.475 e. The minimum absolute atomic E-state index is 0.0683. The minimum atomic E-state index is -0.436. The average Bonchev–Trinajstić information content (AvgIpc) is 3.03. The number of fused-ring (bicyclic) bond motifs is 1. The van der Waals surface area contributed by atoms with Gasteiger partial charge in [-0.1, -0.05) is 0 Å². The molecular weight excluding hydrogens is 332 g/mol. The number of aliphatic imine (C=N–C) groups is 1. The third-order valence-electron chi connectivity index (χ3n) is 3.76. The van der Waals surface area contributed by atoms with Gasteiger partial charge in [0.15, 0.2) is 0 Å². The molecule has 1 unspecified atom stereocenters. The Morgan fingerprint density at radius 3 is 2.96 bits per heavy atom. The Morgan fingerprint density at radius 1 is 1.42 bits per heavy atom. The molecule has 0 saturated carbocycles. The van der Waals surface area contributed by atoms with Crippen molar-refractivity contribution in [3.05, 3.63) is 35.9 Å². The lowest BCUT2D eigenvalue weighted by Gasteiger charge is -2.16. The molecular formula is C19H20N4O3. The molecule has 7 nitrogen and oxygen atoms in total. The number of amides is 1. The number of ether oxygens (including phenoxy) is 2. The molecule has 2 heterocycles. The van der Waals surface area contributed by atoms with Crippen molar-refractivity contribution in [3.63, 3.8) is 0 Å². The van der Waals surface area contributed by atoms with Crippen LogP contribution in [0.4, 0.5) is 5.69 Å². The number of H-pyrrole nitrogens is 1. The van der Waals surface area contributed by atoms with Crippen LogP contribution in [0.25, 0.3) is 10.9 Å². The van der Waals surface area contributed by atoms with Crippen LogP contribution in [0.1, 0.15) is 31.9 Å². The van der Waals surface area contributed by atoms with Gasteiger partial charge in [-0.15, -0.1) is 0 Å². The number of aromatic amines is 1.